The topological polar surface area (TPSA) is 144 Å². The van der Waals surface area contributed by atoms with E-state index in [9.17, 15) is 18.0 Å². The summed E-state index contributed by atoms with van der Waals surface area (Å²) in [4.78, 5) is 26.0. The number of sulfonamides is 1. The highest BCUT2D eigenvalue weighted by atomic mass is 32.2. The minimum absolute atomic E-state index is 0.0134. The summed E-state index contributed by atoms with van der Waals surface area (Å²) < 4.78 is 28.9. The van der Waals surface area contributed by atoms with E-state index in [2.05, 4.69) is 23.9 Å². The van der Waals surface area contributed by atoms with Gasteiger partial charge < -0.3 is 16.8 Å². The molecule has 1 aromatic carbocycles. The Hall–Kier alpha value is -2.13. The van der Waals surface area contributed by atoms with Gasteiger partial charge in [0.05, 0.1) is 5.69 Å². The smallest absolute Gasteiger partial charge is 0.243 e. The van der Waals surface area contributed by atoms with Gasteiger partial charge in [-0.2, -0.15) is 4.72 Å². The Kier molecular flexibility index (Phi) is 6.24. The second-order valence-electron chi connectivity index (χ2n) is 10.6. The van der Waals surface area contributed by atoms with Crippen LogP contribution in [0, 0.1) is 23.2 Å². The minimum Gasteiger partial charge on any atom is -0.398 e. The zero-order valence-electron chi connectivity index (χ0n) is 19.5. The van der Waals surface area contributed by atoms with E-state index in [0.29, 0.717) is 31.6 Å². The van der Waals surface area contributed by atoms with Crippen molar-refractivity contribution in [2.75, 3.05) is 5.73 Å². The highest BCUT2D eigenvalue weighted by molar-refractivity contribution is 7.89. The van der Waals surface area contributed by atoms with Gasteiger partial charge in [0.2, 0.25) is 21.8 Å². The second-order valence-corrected chi connectivity index (χ2v) is 12.3. The molecule has 3 aliphatic rings. The summed E-state index contributed by atoms with van der Waals surface area (Å²) in [5, 5.41) is 3.23. The molecule has 0 aliphatic heterocycles. The highest BCUT2D eigenvalue weighted by Gasteiger charge is 2.55. The first-order valence-electron chi connectivity index (χ1n) is 12.0. The van der Waals surface area contributed by atoms with E-state index in [4.69, 9.17) is 11.5 Å². The number of nitrogens with two attached hydrogens (primary N) is 2. The van der Waals surface area contributed by atoms with E-state index in [0.717, 1.165) is 25.7 Å². The van der Waals surface area contributed by atoms with Gasteiger partial charge in [-0.3, -0.25) is 9.59 Å². The summed E-state index contributed by atoms with van der Waals surface area (Å²) in [5.74, 6) is 0.130. The van der Waals surface area contributed by atoms with Crippen molar-refractivity contribution in [3.63, 3.8) is 0 Å². The fourth-order valence-electron chi connectivity index (χ4n) is 6.56. The number of carbonyl (C=O) groups is 2. The van der Waals surface area contributed by atoms with Crippen molar-refractivity contribution < 1.29 is 18.0 Å². The van der Waals surface area contributed by atoms with Crippen LogP contribution < -0.4 is 21.5 Å². The Labute approximate surface area is 196 Å². The van der Waals surface area contributed by atoms with Crippen LogP contribution in [-0.4, -0.2) is 31.8 Å². The Morgan fingerprint density at radius 3 is 2.42 bits per heavy atom. The quantitative estimate of drug-likeness (QED) is 0.446. The predicted molar refractivity (Wildman–Crippen MR) is 126 cm³/mol. The SMILES string of the molecule is CCC1CC2(C(N)=O)CC(C)CC(C2)C1NC(=O)C1(NS(=O)(=O)c2ccccc2N)CCC1. The van der Waals surface area contributed by atoms with Crippen LogP contribution in [0.15, 0.2) is 29.2 Å². The number of fused-ring (bicyclic) bond motifs is 2. The fourth-order valence-corrected chi connectivity index (χ4v) is 8.12. The Balaban J connectivity index is 1.56. The first kappa shape index (κ1) is 24.0. The lowest BCUT2D eigenvalue weighted by atomic mass is 9.54. The number of carbonyl (C=O) groups excluding carboxylic acids is 2. The number of hydrogen-bond acceptors (Lipinski definition) is 5. The van der Waals surface area contributed by atoms with Gasteiger partial charge >= 0.3 is 0 Å². The third-order valence-corrected chi connectivity index (χ3v) is 9.90. The van der Waals surface area contributed by atoms with Crippen LogP contribution in [0.1, 0.15) is 65.2 Å². The van der Waals surface area contributed by atoms with Crippen molar-refractivity contribution >= 4 is 27.5 Å². The van der Waals surface area contributed by atoms with E-state index in [1.165, 1.54) is 12.1 Å². The number of benzene rings is 1. The standard InChI is InChI=1S/C24H36N4O4S/c1-3-16-13-23(21(26)29)12-15(2)11-17(14-23)20(16)27-22(30)24(9-6-10-24)28-33(31,32)19-8-5-4-7-18(19)25/h4-5,7-8,15-17,20,28H,3,6,9-14,25H2,1-2H3,(H2,26,29)(H,27,30). The van der Waals surface area contributed by atoms with Crippen LogP contribution in [0.2, 0.25) is 0 Å². The first-order valence-corrected chi connectivity index (χ1v) is 13.5. The lowest BCUT2D eigenvalue weighted by Crippen LogP contribution is -2.66. The molecule has 5 unspecified atom stereocenters. The van der Waals surface area contributed by atoms with Crippen LogP contribution in [-0.2, 0) is 19.6 Å². The number of rotatable bonds is 7. The molecular formula is C24H36N4O4S. The Morgan fingerprint density at radius 2 is 1.85 bits per heavy atom. The summed E-state index contributed by atoms with van der Waals surface area (Å²) in [5.41, 5.74) is 10.2. The van der Waals surface area contributed by atoms with Crippen molar-refractivity contribution in [1.29, 1.82) is 0 Å². The van der Waals surface area contributed by atoms with E-state index in [-0.39, 0.29) is 40.3 Å². The number of primary amides is 1. The molecule has 4 rings (SSSR count). The molecule has 5 atom stereocenters. The number of anilines is 1. The number of para-hydroxylation sites is 1. The summed E-state index contributed by atoms with van der Waals surface area (Å²) in [6.45, 7) is 4.21. The normalized spacial score (nSPS) is 33.0. The average Bonchev–Trinajstić information content (AvgIpc) is 2.72. The van der Waals surface area contributed by atoms with E-state index < -0.39 is 21.0 Å². The van der Waals surface area contributed by atoms with Crippen molar-refractivity contribution in [2.45, 2.75) is 81.7 Å². The maximum atomic E-state index is 13.6. The van der Waals surface area contributed by atoms with Crippen LogP contribution in [0.4, 0.5) is 5.69 Å². The molecule has 182 valence electrons. The molecule has 33 heavy (non-hydrogen) atoms. The number of hydrogen-bond donors (Lipinski definition) is 4. The molecule has 0 saturated heterocycles. The monoisotopic (exact) mass is 476 g/mol. The molecule has 3 saturated carbocycles. The van der Waals surface area contributed by atoms with Gasteiger partial charge in [-0.15, -0.1) is 0 Å². The zero-order valence-corrected chi connectivity index (χ0v) is 20.3. The molecule has 3 fully saturated rings. The van der Waals surface area contributed by atoms with Crippen LogP contribution in [0.25, 0.3) is 0 Å². The summed E-state index contributed by atoms with van der Waals surface area (Å²) in [7, 11) is -3.96. The van der Waals surface area contributed by atoms with Gasteiger partial charge in [0.15, 0.2) is 0 Å². The van der Waals surface area contributed by atoms with Crippen molar-refractivity contribution in [3.05, 3.63) is 24.3 Å². The van der Waals surface area contributed by atoms with Gasteiger partial charge in [0, 0.05) is 11.5 Å². The molecule has 3 aliphatic carbocycles. The third-order valence-electron chi connectivity index (χ3n) is 8.29. The van der Waals surface area contributed by atoms with Gasteiger partial charge in [-0.1, -0.05) is 32.4 Å². The van der Waals surface area contributed by atoms with Gasteiger partial charge in [-0.25, -0.2) is 8.42 Å². The molecule has 2 amide bonds. The Morgan fingerprint density at radius 1 is 1.15 bits per heavy atom. The van der Waals surface area contributed by atoms with Gasteiger partial charge in [-0.05, 0) is 74.8 Å². The summed E-state index contributed by atoms with van der Waals surface area (Å²) in [6.07, 6.45) is 5.57. The van der Waals surface area contributed by atoms with Crippen molar-refractivity contribution in [1.82, 2.24) is 10.0 Å². The van der Waals surface area contributed by atoms with Gasteiger partial charge in [0.1, 0.15) is 10.4 Å². The number of nitrogen functional groups attached to an aromatic ring is 1. The summed E-state index contributed by atoms with van der Waals surface area (Å²) >= 11 is 0. The van der Waals surface area contributed by atoms with Gasteiger partial charge in [0.25, 0.3) is 0 Å². The maximum Gasteiger partial charge on any atom is 0.243 e. The predicted octanol–water partition coefficient (Wildman–Crippen LogP) is 2.29. The Bertz CT molecular complexity index is 1040. The van der Waals surface area contributed by atoms with Crippen LogP contribution in [0.5, 0.6) is 0 Å². The first-order chi connectivity index (χ1) is 15.5. The summed E-state index contributed by atoms with van der Waals surface area (Å²) in [6, 6.07) is 6.17. The molecule has 9 heteroatoms. The van der Waals surface area contributed by atoms with E-state index in [1.54, 1.807) is 12.1 Å². The molecule has 2 bridgehead atoms. The molecule has 6 N–H and O–H groups in total. The number of amides is 2. The number of nitrogens with one attached hydrogen (secondary N) is 2. The van der Waals surface area contributed by atoms with Crippen LogP contribution in [0.3, 0.4) is 0 Å². The maximum absolute atomic E-state index is 13.6. The lowest BCUT2D eigenvalue weighted by molar-refractivity contribution is -0.140. The lowest BCUT2D eigenvalue weighted by Gasteiger charge is -2.53. The second kappa shape index (κ2) is 8.58. The van der Waals surface area contributed by atoms with E-state index in [1.807, 2.05) is 0 Å². The molecule has 8 nitrogen and oxygen atoms in total. The fraction of sp³-hybridized carbons (Fsp3) is 0.667. The molecule has 0 radical (unpaired) electrons. The highest BCUT2D eigenvalue weighted by Crippen LogP contribution is 2.53. The molecule has 0 heterocycles. The van der Waals surface area contributed by atoms with Crippen molar-refractivity contribution in [2.24, 2.45) is 28.9 Å². The molecule has 0 aromatic heterocycles. The minimum atomic E-state index is -3.96. The van der Waals surface area contributed by atoms with Crippen LogP contribution >= 0.6 is 0 Å². The van der Waals surface area contributed by atoms with Crippen molar-refractivity contribution in [3.8, 4) is 0 Å². The third kappa shape index (κ3) is 4.25. The molecule has 0 spiro atoms. The zero-order chi connectivity index (χ0) is 24.0. The molecule has 1 aromatic rings. The average molecular weight is 477 g/mol. The van der Waals surface area contributed by atoms with E-state index >= 15 is 0 Å². The molecular weight excluding hydrogens is 440 g/mol. The largest absolute Gasteiger partial charge is 0.398 e.